The van der Waals surface area contributed by atoms with Crippen LogP contribution in [0.2, 0.25) is 0 Å². The van der Waals surface area contributed by atoms with Crippen LogP contribution in [0.4, 0.5) is 0 Å². The molecule has 90 valence electrons. The Morgan fingerprint density at radius 2 is 2.20 bits per heavy atom. The first-order valence-electron chi connectivity index (χ1n) is 5.28. The van der Waals surface area contributed by atoms with Crippen LogP contribution in [-0.4, -0.2) is 36.6 Å². The normalized spacial score (nSPS) is 25.9. The van der Waals surface area contributed by atoms with Crippen molar-refractivity contribution in [2.45, 2.75) is 31.4 Å². The Hall–Kier alpha value is 0.350. The van der Waals surface area contributed by atoms with Crippen LogP contribution in [0, 0.1) is 0 Å². The lowest BCUT2D eigenvalue weighted by Crippen LogP contribution is -2.43. The van der Waals surface area contributed by atoms with Gasteiger partial charge in [-0.3, -0.25) is 4.99 Å². The van der Waals surface area contributed by atoms with Crippen molar-refractivity contribution in [2.24, 2.45) is 4.99 Å². The summed E-state index contributed by atoms with van der Waals surface area (Å²) in [7, 11) is 1.81. The van der Waals surface area contributed by atoms with Gasteiger partial charge in [0.1, 0.15) is 0 Å². The van der Waals surface area contributed by atoms with Gasteiger partial charge in [0.25, 0.3) is 0 Å². The molecule has 0 radical (unpaired) electrons. The Bertz CT molecular complexity index is 203. The highest BCUT2D eigenvalue weighted by Gasteiger charge is 2.29. The average Bonchev–Trinajstić information content (AvgIpc) is 2.60. The molecule has 0 spiro atoms. The minimum atomic E-state index is 0. The second kappa shape index (κ2) is 7.60. The molecule has 1 unspecified atom stereocenters. The maximum atomic E-state index is 4.16. The fraction of sp³-hybridized carbons (Fsp3) is 0.900. The molecule has 3 nitrogen and oxygen atoms in total. The first-order chi connectivity index (χ1) is 6.70. The lowest BCUT2D eigenvalue weighted by atomic mass is 10.1. The summed E-state index contributed by atoms with van der Waals surface area (Å²) in [5, 5.41) is 6.57. The Kier molecular flexibility index (Phi) is 7.77. The molecule has 0 aromatic heterocycles. The Balaban J connectivity index is 0.00000196. The van der Waals surface area contributed by atoms with E-state index < -0.39 is 0 Å². The molecule has 1 atom stereocenters. The molecule has 1 aliphatic heterocycles. The molecule has 2 N–H and O–H groups in total. The largest absolute Gasteiger partial charge is 0.357 e. The second-order valence-electron chi connectivity index (χ2n) is 3.86. The molecule has 1 fully saturated rings. The third-order valence-electron chi connectivity index (χ3n) is 2.50. The van der Waals surface area contributed by atoms with Gasteiger partial charge < -0.3 is 10.6 Å². The molecule has 0 aliphatic carbocycles. The van der Waals surface area contributed by atoms with Crippen LogP contribution in [0.25, 0.3) is 0 Å². The van der Waals surface area contributed by atoms with Crippen molar-refractivity contribution in [3.63, 3.8) is 0 Å². The van der Waals surface area contributed by atoms with Crippen molar-refractivity contribution in [1.29, 1.82) is 0 Å². The van der Waals surface area contributed by atoms with Crippen LogP contribution in [0.5, 0.6) is 0 Å². The van der Waals surface area contributed by atoms with E-state index in [-0.39, 0.29) is 24.0 Å². The maximum absolute atomic E-state index is 4.16. The number of aliphatic imine (C=N–C) groups is 1. The number of halogens is 1. The zero-order valence-corrected chi connectivity index (χ0v) is 12.9. The highest BCUT2D eigenvalue weighted by atomic mass is 127. The van der Waals surface area contributed by atoms with Crippen LogP contribution in [-0.2, 0) is 0 Å². The van der Waals surface area contributed by atoms with Gasteiger partial charge in [0, 0.05) is 24.9 Å². The topological polar surface area (TPSA) is 36.4 Å². The molecule has 0 amide bonds. The van der Waals surface area contributed by atoms with Crippen molar-refractivity contribution in [2.75, 3.05) is 25.9 Å². The lowest BCUT2D eigenvalue weighted by Gasteiger charge is -2.24. The SMILES string of the molecule is CCNC(=NC)NCC1(C)CCCS1.I. The first kappa shape index (κ1) is 15.3. The van der Waals surface area contributed by atoms with Gasteiger partial charge in [-0.1, -0.05) is 0 Å². The van der Waals surface area contributed by atoms with Crippen LogP contribution in [0.15, 0.2) is 4.99 Å². The number of rotatable bonds is 3. The molecule has 0 bridgehead atoms. The van der Waals surface area contributed by atoms with Crippen molar-refractivity contribution in [3.8, 4) is 0 Å². The zero-order chi connectivity index (χ0) is 10.4. The van der Waals surface area contributed by atoms with Crippen LogP contribution in [0.3, 0.4) is 0 Å². The van der Waals surface area contributed by atoms with Crippen molar-refractivity contribution >= 4 is 41.7 Å². The summed E-state index contributed by atoms with van der Waals surface area (Å²) < 4.78 is 0.408. The smallest absolute Gasteiger partial charge is 0.191 e. The van der Waals surface area contributed by atoms with E-state index in [1.807, 2.05) is 7.05 Å². The van der Waals surface area contributed by atoms with Gasteiger partial charge in [-0.05, 0) is 32.4 Å². The monoisotopic (exact) mass is 343 g/mol. The van der Waals surface area contributed by atoms with Crippen LogP contribution in [0.1, 0.15) is 26.7 Å². The third-order valence-corrected chi connectivity index (χ3v) is 4.04. The zero-order valence-electron chi connectivity index (χ0n) is 9.80. The summed E-state index contributed by atoms with van der Waals surface area (Å²) in [4.78, 5) is 4.16. The van der Waals surface area contributed by atoms with E-state index in [0.717, 1.165) is 19.0 Å². The molecule has 0 saturated carbocycles. The summed E-state index contributed by atoms with van der Waals surface area (Å²) in [6, 6.07) is 0. The molecule has 1 saturated heterocycles. The highest BCUT2D eigenvalue weighted by molar-refractivity contribution is 14.0. The Morgan fingerprint density at radius 3 is 2.67 bits per heavy atom. The average molecular weight is 343 g/mol. The molecular weight excluding hydrogens is 321 g/mol. The third kappa shape index (κ3) is 5.29. The molecule has 0 aromatic rings. The molecule has 15 heavy (non-hydrogen) atoms. The molecular formula is C10H22IN3S. The van der Waals surface area contributed by atoms with Gasteiger partial charge in [0.05, 0.1) is 0 Å². The predicted octanol–water partition coefficient (Wildman–Crippen LogP) is 2.07. The lowest BCUT2D eigenvalue weighted by molar-refractivity contribution is 0.585. The quantitative estimate of drug-likeness (QED) is 0.468. The Morgan fingerprint density at radius 1 is 1.47 bits per heavy atom. The number of thioether (sulfide) groups is 1. The molecule has 5 heteroatoms. The fourth-order valence-corrected chi connectivity index (χ4v) is 2.88. The number of guanidine groups is 1. The van der Waals surface area contributed by atoms with Crippen molar-refractivity contribution in [3.05, 3.63) is 0 Å². The first-order valence-corrected chi connectivity index (χ1v) is 6.27. The molecule has 1 aliphatic rings. The summed E-state index contributed by atoms with van der Waals surface area (Å²) in [5.74, 6) is 2.22. The Labute approximate surface area is 114 Å². The van der Waals surface area contributed by atoms with Crippen molar-refractivity contribution in [1.82, 2.24) is 10.6 Å². The molecule has 1 heterocycles. The van der Waals surface area contributed by atoms with E-state index in [9.17, 15) is 0 Å². The highest BCUT2D eigenvalue weighted by Crippen LogP contribution is 2.36. The number of nitrogens with one attached hydrogen (secondary N) is 2. The van der Waals surface area contributed by atoms with Gasteiger partial charge in [0.15, 0.2) is 5.96 Å². The standard InChI is InChI=1S/C10H21N3S.HI/c1-4-12-9(11-3)13-8-10(2)6-5-7-14-10;/h4-8H2,1-3H3,(H2,11,12,13);1H. The van der Waals surface area contributed by atoms with Crippen LogP contribution >= 0.6 is 35.7 Å². The van der Waals surface area contributed by atoms with E-state index in [1.165, 1.54) is 18.6 Å². The van der Waals surface area contributed by atoms with E-state index in [0.29, 0.717) is 4.75 Å². The van der Waals surface area contributed by atoms with Gasteiger partial charge in [-0.2, -0.15) is 11.8 Å². The number of hydrogen-bond donors (Lipinski definition) is 2. The van der Waals surface area contributed by atoms with E-state index >= 15 is 0 Å². The van der Waals surface area contributed by atoms with Crippen molar-refractivity contribution < 1.29 is 0 Å². The summed E-state index contributed by atoms with van der Waals surface area (Å²) in [6.07, 6.45) is 2.66. The molecule has 0 aromatic carbocycles. The summed E-state index contributed by atoms with van der Waals surface area (Å²) >= 11 is 2.07. The number of nitrogens with zero attached hydrogens (tertiary/aromatic N) is 1. The minimum Gasteiger partial charge on any atom is -0.357 e. The second-order valence-corrected chi connectivity index (χ2v) is 5.54. The predicted molar refractivity (Wildman–Crippen MR) is 80.6 cm³/mol. The van der Waals surface area contributed by atoms with Gasteiger partial charge in [-0.15, -0.1) is 24.0 Å². The van der Waals surface area contributed by atoms with E-state index in [4.69, 9.17) is 0 Å². The minimum absolute atomic E-state index is 0. The van der Waals surface area contributed by atoms with Crippen LogP contribution < -0.4 is 10.6 Å². The van der Waals surface area contributed by atoms with Gasteiger partial charge >= 0.3 is 0 Å². The van der Waals surface area contributed by atoms with E-state index in [2.05, 4.69) is 41.2 Å². The van der Waals surface area contributed by atoms with Gasteiger partial charge in [-0.25, -0.2) is 0 Å². The summed E-state index contributed by atoms with van der Waals surface area (Å²) in [6.45, 7) is 6.34. The molecule has 1 rings (SSSR count). The maximum Gasteiger partial charge on any atom is 0.191 e. The van der Waals surface area contributed by atoms with E-state index in [1.54, 1.807) is 0 Å². The fourth-order valence-electron chi connectivity index (χ4n) is 1.64. The number of hydrogen-bond acceptors (Lipinski definition) is 2. The van der Waals surface area contributed by atoms with Gasteiger partial charge in [0.2, 0.25) is 0 Å². The summed E-state index contributed by atoms with van der Waals surface area (Å²) in [5.41, 5.74) is 0.